The molecule has 1 atom stereocenters. The zero-order valence-electron chi connectivity index (χ0n) is 16.6. The van der Waals surface area contributed by atoms with Gasteiger partial charge in [-0.2, -0.15) is 5.10 Å². The Morgan fingerprint density at radius 1 is 1.17 bits per heavy atom. The second-order valence-electron chi connectivity index (χ2n) is 7.78. The van der Waals surface area contributed by atoms with E-state index in [0.717, 1.165) is 75.5 Å². The molecule has 0 amide bonds. The lowest BCUT2D eigenvalue weighted by Crippen LogP contribution is -2.34. The standard InChI is InChI=1S/C21H27F3N4O/c1-2-27-13-5-6-15(14-27)19-18-7-3-4-12-25-20(18)28(26-19)16-8-10-17(11-9-16)29-21(22,23)24/h8-11,15,25H,2-7,12-14H2,1H3. The Morgan fingerprint density at radius 2 is 1.97 bits per heavy atom. The minimum Gasteiger partial charge on any atom is -0.406 e. The Hall–Kier alpha value is -2.22. The summed E-state index contributed by atoms with van der Waals surface area (Å²) in [6.07, 6.45) is 0.787. The maximum absolute atomic E-state index is 12.5. The molecule has 1 aromatic heterocycles. The highest BCUT2D eigenvalue weighted by Gasteiger charge is 2.31. The van der Waals surface area contributed by atoms with Crippen LogP contribution < -0.4 is 10.1 Å². The van der Waals surface area contributed by atoms with Crippen LogP contribution in [0.3, 0.4) is 0 Å². The Balaban J connectivity index is 1.67. The van der Waals surface area contributed by atoms with Crippen molar-refractivity contribution in [2.75, 3.05) is 31.5 Å². The second-order valence-corrected chi connectivity index (χ2v) is 7.78. The zero-order chi connectivity index (χ0) is 20.4. The van der Waals surface area contributed by atoms with E-state index in [0.29, 0.717) is 5.92 Å². The fourth-order valence-corrected chi connectivity index (χ4v) is 4.40. The van der Waals surface area contributed by atoms with E-state index in [-0.39, 0.29) is 5.75 Å². The Kier molecular flexibility index (Phi) is 5.72. The summed E-state index contributed by atoms with van der Waals surface area (Å²) < 4.78 is 43.2. The maximum Gasteiger partial charge on any atom is 0.573 e. The average Bonchev–Trinajstić information content (AvgIpc) is 2.89. The largest absolute Gasteiger partial charge is 0.573 e. The lowest BCUT2D eigenvalue weighted by atomic mass is 9.91. The summed E-state index contributed by atoms with van der Waals surface area (Å²) in [7, 11) is 0. The van der Waals surface area contributed by atoms with E-state index >= 15 is 0 Å². The molecule has 8 heteroatoms. The first-order valence-electron chi connectivity index (χ1n) is 10.4. The van der Waals surface area contributed by atoms with Crippen molar-refractivity contribution >= 4 is 5.82 Å². The molecule has 0 spiro atoms. The van der Waals surface area contributed by atoms with Crippen LogP contribution in [0.1, 0.15) is 49.8 Å². The predicted molar refractivity (Wildman–Crippen MR) is 106 cm³/mol. The summed E-state index contributed by atoms with van der Waals surface area (Å²) in [5.74, 6) is 1.15. The molecule has 2 aliphatic heterocycles. The number of ether oxygens (including phenoxy) is 1. The van der Waals surface area contributed by atoms with Crippen molar-refractivity contribution in [2.45, 2.75) is 51.3 Å². The lowest BCUT2D eigenvalue weighted by Gasteiger charge is -2.31. The van der Waals surface area contributed by atoms with Crippen LogP contribution in [0.5, 0.6) is 5.75 Å². The molecule has 1 N–H and O–H groups in total. The van der Waals surface area contributed by atoms with E-state index in [9.17, 15) is 13.2 Å². The molecule has 2 aliphatic rings. The van der Waals surface area contributed by atoms with Gasteiger partial charge in [-0.05, 0) is 69.5 Å². The molecule has 1 aromatic carbocycles. The Labute approximate surface area is 168 Å². The number of hydrogen-bond donors (Lipinski definition) is 1. The van der Waals surface area contributed by atoms with Gasteiger partial charge in [-0.3, -0.25) is 0 Å². The van der Waals surface area contributed by atoms with Crippen molar-refractivity contribution in [1.29, 1.82) is 0 Å². The number of halogens is 3. The van der Waals surface area contributed by atoms with Gasteiger partial charge in [0.15, 0.2) is 0 Å². The van der Waals surface area contributed by atoms with Crippen LogP contribution in [0.15, 0.2) is 24.3 Å². The van der Waals surface area contributed by atoms with E-state index in [1.807, 2.05) is 4.68 Å². The van der Waals surface area contributed by atoms with Gasteiger partial charge in [-0.15, -0.1) is 13.2 Å². The van der Waals surface area contributed by atoms with Gasteiger partial charge in [0.05, 0.1) is 11.4 Å². The van der Waals surface area contributed by atoms with Crippen LogP contribution in [-0.2, 0) is 6.42 Å². The molecule has 2 aromatic rings. The molecule has 4 rings (SSSR count). The number of rotatable bonds is 4. The smallest absolute Gasteiger partial charge is 0.406 e. The summed E-state index contributed by atoms with van der Waals surface area (Å²) >= 11 is 0. The van der Waals surface area contributed by atoms with Crippen LogP contribution >= 0.6 is 0 Å². The SMILES string of the molecule is CCN1CCCC(c2nn(-c3ccc(OC(F)(F)F)cc3)c3c2CCCCN3)C1. The number of alkyl halides is 3. The van der Waals surface area contributed by atoms with Gasteiger partial charge < -0.3 is 15.0 Å². The molecule has 1 saturated heterocycles. The molecule has 29 heavy (non-hydrogen) atoms. The fraction of sp³-hybridized carbons (Fsp3) is 0.571. The molecule has 1 fully saturated rings. The third-order valence-electron chi connectivity index (χ3n) is 5.81. The van der Waals surface area contributed by atoms with Crippen LogP contribution in [0.25, 0.3) is 5.69 Å². The number of fused-ring (bicyclic) bond motifs is 1. The van der Waals surface area contributed by atoms with Gasteiger partial charge in [0.2, 0.25) is 0 Å². The fourth-order valence-electron chi connectivity index (χ4n) is 4.40. The number of likely N-dealkylation sites (tertiary alicyclic amines) is 1. The third kappa shape index (κ3) is 4.52. The van der Waals surface area contributed by atoms with Gasteiger partial charge in [-0.1, -0.05) is 6.92 Å². The van der Waals surface area contributed by atoms with Gasteiger partial charge in [0.25, 0.3) is 0 Å². The number of likely N-dealkylation sites (N-methyl/N-ethyl adjacent to an activating group) is 1. The zero-order valence-corrected chi connectivity index (χ0v) is 16.6. The monoisotopic (exact) mass is 408 g/mol. The van der Waals surface area contributed by atoms with Gasteiger partial charge in [-0.25, -0.2) is 4.68 Å². The number of piperidine rings is 1. The van der Waals surface area contributed by atoms with Crippen molar-refractivity contribution in [3.05, 3.63) is 35.5 Å². The summed E-state index contributed by atoms with van der Waals surface area (Å²) in [6.45, 7) is 6.25. The number of hydrogen-bond acceptors (Lipinski definition) is 4. The lowest BCUT2D eigenvalue weighted by molar-refractivity contribution is -0.274. The molecule has 1 unspecified atom stereocenters. The van der Waals surface area contributed by atoms with Gasteiger partial charge in [0.1, 0.15) is 11.6 Å². The van der Waals surface area contributed by atoms with E-state index < -0.39 is 6.36 Å². The predicted octanol–water partition coefficient (Wildman–Crippen LogP) is 4.72. The number of benzene rings is 1. The summed E-state index contributed by atoms with van der Waals surface area (Å²) in [6, 6.07) is 5.94. The van der Waals surface area contributed by atoms with Gasteiger partial charge in [0, 0.05) is 24.6 Å². The van der Waals surface area contributed by atoms with Crippen LogP contribution in [0.2, 0.25) is 0 Å². The summed E-state index contributed by atoms with van der Waals surface area (Å²) in [4.78, 5) is 2.47. The van der Waals surface area contributed by atoms with Crippen molar-refractivity contribution in [3.63, 3.8) is 0 Å². The summed E-state index contributed by atoms with van der Waals surface area (Å²) in [5.41, 5.74) is 3.14. The Morgan fingerprint density at radius 3 is 2.69 bits per heavy atom. The summed E-state index contributed by atoms with van der Waals surface area (Å²) in [5, 5.41) is 8.47. The highest BCUT2D eigenvalue weighted by Crippen LogP contribution is 2.36. The van der Waals surface area contributed by atoms with E-state index in [1.165, 1.54) is 17.7 Å². The van der Waals surface area contributed by atoms with Crippen molar-refractivity contribution in [3.8, 4) is 11.4 Å². The first-order chi connectivity index (χ1) is 13.9. The molecule has 0 saturated carbocycles. The highest BCUT2D eigenvalue weighted by molar-refractivity contribution is 5.55. The van der Waals surface area contributed by atoms with Crippen LogP contribution in [0, 0.1) is 0 Å². The van der Waals surface area contributed by atoms with E-state index in [2.05, 4.69) is 21.9 Å². The molecular formula is C21H27F3N4O. The Bertz CT molecular complexity index is 832. The molecule has 5 nitrogen and oxygen atoms in total. The molecule has 0 radical (unpaired) electrons. The van der Waals surface area contributed by atoms with Crippen molar-refractivity contribution in [2.24, 2.45) is 0 Å². The van der Waals surface area contributed by atoms with Crippen LogP contribution in [-0.4, -0.2) is 47.2 Å². The van der Waals surface area contributed by atoms with Gasteiger partial charge >= 0.3 is 6.36 Å². The molecular weight excluding hydrogens is 381 g/mol. The topological polar surface area (TPSA) is 42.3 Å². The maximum atomic E-state index is 12.5. The first-order valence-corrected chi connectivity index (χ1v) is 10.4. The normalized spacial score (nSPS) is 20.6. The third-order valence-corrected chi connectivity index (χ3v) is 5.81. The van der Waals surface area contributed by atoms with Crippen molar-refractivity contribution < 1.29 is 17.9 Å². The minimum atomic E-state index is -4.69. The second kappa shape index (κ2) is 8.26. The number of nitrogens with one attached hydrogen (secondary N) is 1. The molecule has 0 bridgehead atoms. The number of nitrogens with zero attached hydrogens (tertiary/aromatic N) is 3. The molecule has 0 aliphatic carbocycles. The average molecular weight is 408 g/mol. The first kappa shape index (κ1) is 20.1. The molecule has 3 heterocycles. The van der Waals surface area contributed by atoms with E-state index in [1.54, 1.807) is 12.1 Å². The van der Waals surface area contributed by atoms with E-state index in [4.69, 9.17) is 5.10 Å². The number of aromatic nitrogens is 2. The minimum absolute atomic E-state index is 0.224. The van der Waals surface area contributed by atoms with Crippen LogP contribution in [0.4, 0.5) is 19.0 Å². The van der Waals surface area contributed by atoms with Crippen molar-refractivity contribution in [1.82, 2.24) is 14.7 Å². The quantitative estimate of drug-likeness (QED) is 0.795. The highest BCUT2D eigenvalue weighted by atomic mass is 19.4. The molecule has 158 valence electrons. The number of anilines is 1.